The van der Waals surface area contributed by atoms with Crippen LogP contribution in [0.1, 0.15) is 59.3 Å². The van der Waals surface area contributed by atoms with E-state index in [-0.39, 0.29) is 41.5 Å². The van der Waals surface area contributed by atoms with Crippen LogP contribution in [0.15, 0.2) is 11.6 Å². The molecule has 0 N–H and O–H groups in total. The highest BCUT2D eigenvalue weighted by Gasteiger charge is 2.72. The molecule has 36 heavy (non-hydrogen) atoms. The monoisotopic (exact) mass is 504 g/mol. The topological polar surface area (TPSA) is 76.3 Å². The molecular formula is C28H44N2O6. The van der Waals surface area contributed by atoms with Crippen molar-refractivity contribution in [2.45, 2.75) is 101 Å². The number of hydrogen-bond donors (Lipinski definition) is 0. The zero-order valence-electron chi connectivity index (χ0n) is 22.4. The van der Waals surface area contributed by atoms with Crippen LogP contribution in [0.5, 0.6) is 0 Å². The Bertz CT molecular complexity index is 854. The van der Waals surface area contributed by atoms with Gasteiger partial charge in [-0.2, -0.15) is 0 Å². The molecule has 0 aromatic rings. The van der Waals surface area contributed by atoms with E-state index in [1.165, 1.54) is 18.4 Å². The van der Waals surface area contributed by atoms with Gasteiger partial charge in [0.25, 0.3) is 0 Å². The van der Waals surface area contributed by atoms with Crippen molar-refractivity contribution in [1.29, 1.82) is 0 Å². The highest BCUT2D eigenvalue weighted by Crippen LogP contribution is 2.59. The molecule has 3 unspecified atom stereocenters. The maximum absolute atomic E-state index is 13.0. The average molecular weight is 505 g/mol. The van der Waals surface area contributed by atoms with Crippen LogP contribution in [-0.2, 0) is 23.7 Å². The van der Waals surface area contributed by atoms with Crippen LogP contribution >= 0.6 is 0 Å². The molecule has 5 aliphatic heterocycles. The van der Waals surface area contributed by atoms with Gasteiger partial charge in [0.15, 0.2) is 0 Å². The van der Waals surface area contributed by atoms with E-state index in [1.54, 1.807) is 7.11 Å². The fourth-order valence-corrected chi connectivity index (χ4v) is 7.42. The van der Waals surface area contributed by atoms with E-state index in [2.05, 4.69) is 31.7 Å². The summed E-state index contributed by atoms with van der Waals surface area (Å²) in [5.41, 5.74) is 0.794. The molecule has 5 heterocycles. The quantitative estimate of drug-likeness (QED) is 0.370. The maximum atomic E-state index is 13.0. The van der Waals surface area contributed by atoms with Crippen molar-refractivity contribution in [3.8, 4) is 0 Å². The van der Waals surface area contributed by atoms with E-state index in [1.807, 2.05) is 4.90 Å². The third-order valence-corrected chi connectivity index (χ3v) is 9.68. The lowest BCUT2D eigenvalue weighted by atomic mass is 9.68. The molecule has 1 saturated carbocycles. The van der Waals surface area contributed by atoms with Gasteiger partial charge in [0.1, 0.15) is 23.4 Å². The molecule has 8 heteroatoms. The first-order chi connectivity index (χ1) is 17.3. The molecule has 1 aliphatic carbocycles. The molecule has 8 nitrogen and oxygen atoms in total. The van der Waals surface area contributed by atoms with Crippen molar-refractivity contribution in [3.63, 3.8) is 0 Å². The minimum atomic E-state index is -0.310. The molecule has 0 radical (unpaired) electrons. The third kappa shape index (κ3) is 4.73. The van der Waals surface area contributed by atoms with Gasteiger partial charge >= 0.3 is 6.09 Å². The summed E-state index contributed by atoms with van der Waals surface area (Å²) in [6, 6.07) is 0. The molecule has 202 valence electrons. The molecule has 8 atom stereocenters. The van der Waals surface area contributed by atoms with Gasteiger partial charge in [0.05, 0.1) is 30.8 Å². The lowest BCUT2D eigenvalue weighted by Gasteiger charge is -2.45. The van der Waals surface area contributed by atoms with Gasteiger partial charge in [0, 0.05) is 33.3 Å². The SMILES string of the molecule is CO[C@@H]1[C@H](OC(=O)N2CC(CCN3CC4CCC(C3)O4)C2)CCC2(CO2)[C@H]1[C@@]1(C)O[C@@H]1CC=C(C)C. The average Bonchev–Trinajstić information content (AvgIpc) is 3.70. The summed E-state index contributed by atoms with van der Waals surface area (Å²) < 4.78 is 30.4. The summed E-state index contributed by atoms with van der Waals surface area (Å²) in [6.07, 6.45) is 8.70. The lowest BCUT2D eigenvalue weighted by molar-refractivity contribution is -0.124. The zero-order valence-corrected chi connectivity index (χ0v) is 22.4. The second kappa shape index (κ2) is 9.53. The summed E-state index contributed by atoms with van der Waals surface area (Å²) >= 11 is 0. The summed E-state index contributed by atoms with van der Waals surface area (Å²) in [4.78, 5) is 17.5. The summed E-state index contributed by atoms with van der Waals surface area (Å²) in [6.45, 7) is 12.0. The van der Waals surface area contributed by atoms with Gasteiger partial charge in [-0.25, -0.2) is 4.79 Å². The Hall–Kier alpha value is -1.19. The molecule has 6 aliphatic rings. The lowest BCUT2D eigenvalue weighted by Crippen LogP contribution is -2.57. The number of ether oxygens (including phenoxy) is 5. The predicted molar refractivity (Wildman–Crippen MR) is 134 cm³/mol. The standard InChI is InChI=1S/C28H44N2O6/c1-18(2)5-8-23-27(3,36-23)25-24(32-4)22(9-11-28(25)17-33-28)35-26(31)30-13-19(14-30)10-12-29-15-20-6-7-21(16-29)34-20/h5,19-25H,6-17H2,1-4H3/t20?,21?,22-,23-,24-,25-,27+,28?/m1/s1. The van der Waals surface area contributed by atoms with Crippen molar-refractivity contribution in [2.24, 2.45) is 11.8 Å². The second-order valence-electron chi connectivity index (χ2n) is 12.6. The number of carbonyl (C=O) groups excluding carboxylic acids is 1. The fraction of sp³-hybridized carbons (Fsp3) is 0.893. The van der Waals surface area contributed by atoms with Crippen LogP contribution in [0.25, 0.3) is 0 Å². The van der Waals surface area contributed by atoms with Gasteiger partial charge < -0.3 is 28.6 Å². The Morgan fingerprint density at radius 2 is 1.83 bits per heavy atom. The van der Waals surface area contributed by atoms with Gasteiger partial charge in [0.2, 0.25) is 0 Å². The smallest absolute Gasteiger partial charge is 0.410 e. The number of morpholine rings is 1. The predicted octanol–water partition coefficient (Wildman–Crippen LogP) is 3.38. The van der Waals surface area contributed by atoms with Crippen molar-refractivity contribution in [1.82, 2.24) is 9.80 Å². The number of nitrogens with zero attached hydrogens (tertiary/aromatic N) is 2. The Morgan fingerprint density at radius 1 is 1.11 bits per heavy atom. The number of amides is 1. The van der Waals surface area contributed by atoms with Gasteiger partial charge in [-0.3, -0.25) is 4.90 Å². The van der Waals surface area contributed by atoms with Crippen molar-refractivity contribution < 1.29 is 28.5 Å². The molecule has 0 aromatic carbocycles. The van der Waals surface area contributed by atoms with Crippen LogP contribution in [0.3, 0.4) is 0 Å². The van der Waals surface area contributed by atoms with E-state index in [0.717, 1.165) is 65.0 Å². The van der Waals surface area contributed by atoms with Gasteiger partial charge in [-0.15, -0.1) is 0 Å². The van der Waals surface area contributed by atoms with Gasteiger partial charge in [-0.1, -0.05) is 11.6 Å². The molecule has 5 saturated heterocycles. The number of epoxide rings is 2. The fourth-order valence-electron chi connectivity index (χ4n) is 7.42. The number of allylic oxidation sites excluding steroid dienone is 1. The van der Waals surface area contributed by atoms with Crippen LogP contribution in [-0.4, -0.2) is 104 Å². The molecule has 6 fully saturated rings. The summed E-state index contributed by atoms with van der Waals surface area (Å²) in [7, 11) is 1.73. The van der Waals surface area contributed by atoms with Crippen LogP contribution < -0.4 is 0 Å². The van der Waals surface area contributed by atoms with E-state index in [9.17, 15) is 4.79 Å². The Balaban J connectivity index is 1.00. The highest BCUT2D eigenvalue weighted by atomic mass is 16.6. The number of methoxy groups -OCH3 is 1. The van der Waals surface area contributed by atoms with Crippen LogP contribution in [0.4, 0.5) is 4.79 Å². The highest BCUT2D eigenvalue weighted by molar-refractivity contribution is 5.69. The van der Waals surface area contributed by atoms with E-state index in [0.29, 0.717) is 18.1 Å². The number of fused-ring (bicyclic) bond motifs is 2. The molecule has 0 aromatic heterocycles. The second-order valence-corrected chi connectivity index (χ2v) is 12.6. The summed E-state index contributed by atoms with van der Waals surface area (Å²) in [5, 5.41) is 0. The zero-order chi connectivity index (χ0) is 25.1. The number of carbonyl (C=O) groups is 1. The molecule has 1 spiro atoms. The van der Waals surface area contributed by atoms with E-state index >= 15 is 0 Å². The first kappa shape index (κ1) is 25.1. The van der Waals surface area contributed by atoms with Crippen molar-refractivity contribution >= 4 is 6.09 Å². The Labute approximate surface area is 215 Å². The first-order valence-electron chi connectivity index (χ1n) is 14.1. The van der Waals surface area contributed by atoms with E-state index < -0.39 is 0 Å². The van der Waals surface area contributed by atoms with E-state index in [4.69, 9.17) is 23.7 Å². The molecule has 6 rings (SSSR count). The third-order valence-electron chi connectivity index (χ3n) is 9.68. The maximum Gasteiger partial charge on any atom is 0.410 e. The molecule has 1 amide bonds. The van der Waals surface area contributed by atoms with Crippen LogP contribution in [0, 0.1) is 11.8 Å². The normalized spacial score (nSPS) is 43.8. The minimum absolute atomic E-state index is 0.0602. The Kier molecular flexibility index (Phi) is 6.64. The number of hydrogen-bond acceptors (Lipinski definition) is 7. The molecule has 2 bridgehead atoms. The Morgan fingerprint density at radius 3 is 2.47 bits per heavy atom. The first-order valence-corrected chi connectivity index (χ1v) is 14.1. The summed E-state index contributed by atoms with van der Waals surface area (Å²) in [5.74, 6) is 0.623. The van der Waals surface area contributed by atoms with Crippen molar-refractivity contribution in [2.75, 3.05) is 46.4 Å². The van der Waals surface area contributed by atoms with Gasteiger partial charge in [-0.05, 0) is 71.8 Å². The van der Waals surface area contributed by atoms with Crippen molar-refractivity contribution in [3.05, 3.63) is 11.6 Å². The number of rotatable bonds is 8. The molecular weight excluding hydrogens is 460 g/mol. The minimum Gasteiger partial charge on any atom is -0.443 e. The largest absolute Gasteiger partial charge is 0.443 e. The van der Waals surface area contributed by atoms with Crippen LogP contribution in [0.2, 0.25) is 0 Å². The number of likely N-dealkylation sites (tertiary alicyclic amines) is 2.